The molecule has 1 heterocycles. The molecule has 0 spiro atoms. The molecule has 7 nitrogen and oxygen atoms in total. The van der Waals surface area contributed by atoms with E-state index in [-0.39, 0.29) is 0 Å². The molecule has 0 saturated carbocycles. The highest BCUT2D eigenvalue weighted by Gasteiger charge is 2.25. The lowest BCUT2D eigenvalue weighted by atomic mass is 10.2. The van der Waals surface area contributed by atoms with E-state index >= 15 is 0 Å². The normalized spacial score (nSPS) is 14.3. The zero-order chi connectivity index (χ0) is 20.0. The first-order valence-corrected chi connectivity index (χ1v) is 10.3. The quantitative estimate of drug-likeness (QED) is 0.712. The lowest BCUT2D eigenvalue weighted by Crippen LogP contribution is -2.32. The first kappa shape index (κ1) is 21.0. The van der Waals surface area contributed by atoms with Crippen LogP contribution in [-0.2, 0) is 16.6 Å². The van der Waals surface area contributed by atoms with Gasteiger partial charge in [-0.05, 0) is 6.07 Å². The molecule has 148 valence electrons. The second kappa shape index (κ2) is 9.05. The number of nitrogens with zero attached hydrogens (tertiary/aromatic N) is 3. The average Bonchev–Trinajstić information content (AvgIpc) is 2.64. The highest BCUT2D eigenvalue weighted by Crippen LogP contribution is 2.25. The van der Waals surface area contributed by atoms with Crippen molar-refractivity contribution in [1.29, 1.82) is 0 Å². The largest absolute Gasteiger partial charge is 0.414 e. The van der Waals surface area contributed by atoms with Crippen LogP contribution < -0.4 is 4.74 Å². The lowest BCUT2D eigenvalue weighted by Gasteiger charge is -2.26. The lowest BCUT2D eigenvalue weighted by molar-refractivity contribution is 0.171. The number of hydrogen-bond acceptors (Lipinski definition) is 5. The molecule has 0 saturated heterocycles. The van der Waals surface area contributed by atoms with E-state index in [1.165, 1.54) is 9.21 Å². The fourth-order valence-electron chi connectivity index (χ4n) is 2.70. The van der Waals surface area contributed by atoms with Crippen molar-refractivity contribution < 1.29 is 17.9 Å². The maximum Gasteiger partial charge on any atom is 0.414 e. The van der Waals surface area contributed by atoms with Crippen molar-refractivity contribution in [2.24, 2.45) is 0 Å². The van der Waals surface area contributed by atoms with Gasteiger partial charge in [-0.15, -0.1) is 0 Å². The number of sulfonamides is 1. The summed E-state index contributed by atoms with van der Waals surface area (Å²) in [5.41, 5.74) is 0.787. The number of benzene rings is 1. The van der Waals surface area contributed by atoms with E-state index in [0.717, 1.165) is 5.56 Å². The summed E-state index contributed by atoms with van der Waals surface area (Å²) in [5, 5.41) is 0. The fourth-order valence-corrected chi connectivity index (χ4v) is 4.29. The van der Waals surface area contributed by atoms with E-state index in [1.54, 1.807) is 37.3 Å². The van der Waals surface area contributed by atoms with E-state index in [4.69, 9.17) is 4.74 Å². The number of allylic oxidation sites excluding steroid dienone is 2. The van der Waals surface area contributed by atoms with Crippen LogP contribution in [-0.4, -0.2) is 55.8 Å². The van der Waals surface area contributed by atoms with Crippen LogP contribution in [0.2, 0.25) is 0 Å². The van der Waals surface area contributed by atoms with Crippen molar-refractivity contribution in [2.75, 3.05) is 27.2 Å². The highest BCUT2D eigenvalue weighted by molar-refractivity contribution is 7.93. The maximum absolute atomic E-state index is 12.8. The van der Waals surface area contributed by atoms with Gasteiger partial charge in [0.1, 0.15) is 5.75 Å². The molecule has 0 radical (unpaired) electrons. The van der Waals surface area contributed by atoms with Crippen molar-refractivity contribution in [3.63, 3.8) is 0 Å². The molecular formula is C19H27N3O4S. The van der Waals surface area contributed by atoms with Gasteiger partial charge in [0.25, 0.3) is 0 Å². The summed E-state index contributed by atoms with van der Waals surface area (Å²) in [6.07, 6.45) is 5.22. The molecule has 1 amide bonds. The molecule has 0 atom stereocenters. The van der Waals surface area contributed by atoms with Crippen LogP contribution in [0.4, 0.5) is 4.79 Å². The summed E-state index contributed by atoms with van der Waals surface area (Å²) in [7, 11) is -0.247. The minimum atomic E-state index is -3.48. The van der Waals surface area contributed by atoms with Gasteiger partial charge in [-0.2, -0.15) is 4.31 Å². The predicted octanol–water partition coefficient (Wildman–Crippen LogP) is 2.98. The van der Waals surface area contributed by atoms with Crippen molar-refractivity contribution in [3.8, 4) is 5.75 Å². The molecule has 0 unspecified atom stereocenters. The third-order valence-corrected chi connectivity index (χ3v) is 6.32. The van der Waals surface area contributed by atoms with E-state index in [0.29, 0.717) is 36.7 Å². The van der Waals surface area contributed by atoms with Gasteiger partial charge < -0.3 is 14.5 Å². The number of carbonyl (C=O) groups is 1. The number of ether oxygens (including phenoxy) is 1. The molecule has 1 aliphatic rings. The molecule has 1 aromatic rings. The molecule has 0 fully saturated rings. The molecule has 27 heavy (non-hydrogen) atoms. The summed E-state index contributed by atoms with van der Waals surface area (Å²) < 4.78 is 32.4. The topological polar surface area (TPSA) is 70.2 Å². The Bertz CT molecular complexity index is 827. The molecule has 0 bridgehead atoms. The average molecular weight is 394 g/mol. The second-order valence-corrected chi connectivity index (χ2v) is 8.31. The Labute approximate surface area is 161 Å². The first-order valence-electron chi connectivity index (χ1n) is 8.89. The number of para-hydroxylation sites is 1. The van der Waals surface area contributed by atoms with Gasteiger partial charge in [0.15, 0.2) is 0 Å². The van der Waals surface area contributed by atoms with E-state index in [2.05, 4.69) is 0 Å². The molecule has 0 N–H and O–H groups in total. The summed E-state index contributed by atoms with van der Waals surface area (Å²) in [4.78, 5) is 15.4. The van der Waals surface area contributed by atoms with Gasteiger partial charge in [-0.1, -0.05) is 38.1 Å². The SMILES string of the molecule is CCN(CC)S(=O)(=O)C1=CN(Cc2ccccc2OC(=O)N(C)C)C=CC1. The summed E-state index contributed by atoms with van der Waals surface area (Å²) in [5.74, 6) is 0.455. The van der Waals surface area contributed by atoms with E-state index in [1.807, 2.05) is 38.3 Å². The molecule has 2 rings (SSSR count). The van der Waals surface area contributed by atoms with E-state index in [9.17, 15) is 13.2 Å². The van der Waals surface area contributed by atoms with Gasteiger partial charge in [-0.25, -0.2) is 13.2 Å². The number of hydrogen-bond donors (Lipinski definition) is 0. The molecule has 1 aliphatic heterocycles. The monoisotopic (exact) mass is 393 g/mol. The Hall–Kier alpha value is -2.32. The van der Waals surface area contributed by atoms with Gasteiger partial charge in [0, 0.05) is 51.6 Å². The Kier molecular flexibility index (Phi) is 7.04. The fraction of sp³-hybridized carbons (Fsp3) is 0.421. The van der Waals surface area contributed by atoms with Crippen LogP contribution in [0.3, 0.4) is 0 Å². The Morgan fingerprint density at radius 1 is 1.19 bits per heavy atom. The van der Waals surface area contributed by atoms with Crippen LogP contribution >= 0.6 is 0 Å². The number of amides is 1. The third kappa shape index (κ3) is 5.11. The van der Waals surface area contributed by atoms with Crippen LogP contribution in [0.25, 0.3) is 0 Å². The highest BCUT2D eigenvalue weighted by atomic mass is 32.2. The second-order valence-electron chi connectivity index (χ2n) is 6.32. The Morgan fingerprint density at radius 3 is 2.48 bits per heavy atom. The van der Waals surface area contributed by atoms with Gasteiger partial charge in [0.05, 0.1) is 11.4 Å². The molecule has 8 heteroatoms. The Balaban J connectivity index is 2.23. The minimum Gasteiger partial charge on any atom is -0.410 e. The van der Waals surface area contributed by atoms with Crippen molar-refractivity contribution >= 4 is 16.1 Å². The zero-order valence-electron chi connectivity index (χ0n) is 16.3. The molecule has 1 aromatic carbocycles. The zero-order valence-corrected chi connectivity index (χ0v) is 17.1. The molecular weight excluding hydrogens is 366 g/mol. The standard InChI is InChI=1S/C19H27N3O4S/c1-5-22(6-2)27(24,25)17-11-9-13-21(15-17)14-16-10-7-8-12-18(16)26-19(23)20(3)4/h7-10,12-13,15H,5-6,11,14H2,1-4H3. The van der Waals surface area contributed by atoms with Gasteiger partial charge in [0.2, 0.25) is 10.0 Å². The van der Waals surface area contributed by atoms with Crippen molar-refractivity contribution in [2.45, 2.75) is 26.8 Å². The van der Waals surface area contributed by atoms with Crippen LogP contribution in [0.5, 0.6) is 5.75 Å². The smallest absolute Gasteiger partial charge is 0.410 e. The van der Waals surface area contributed by atoms with Crippen LogP contribution in [0.15, 0.2) is 47.6 Å². The summed E-state index contributed by atoms with van der Waals surface area (Å²) in [6.45, 7) is 4.91. The number of carbonyl (C=O) groups excluding carboxylic acids is 1. The number of rotatable bonds is 7. The van der Waals surface area contributed by atoms with Gasteiger partial charge in [-0.3, -0.25) is 0 Å². The summed E-state index contributed by atoms with van der Waals surface area (Å²) >= 11 is 0. The molecule has 0 aromatic heterocycles. The van der Waals surface area contributed by atoms with Crippen molar-refractivity contribution in [3.05, 3.63) is 53.2 Å². The minimum absolute atomic E-state index is 0.358. The van der Waals surface area contributed by atoms with Crippen LogP contribution in [0, 0.1) is 0 Å². The van der Waals surface area contributed by atoms with Crippen molar-refractivity contribution in [1.82, 2.24) is 14.1 Å². The third-order valence-electron chi connectivity index (χ3n) is 4.19. The van der Waals surface area contributed by atoms with Gasteiger partial charge >= 0.3 is 6.09 Å². The summed E-state index contributed by atoms with van der Waals surface area (Å²) in [6, 6.07) is 7.22. The van der Waals surface area contributed by atoms with E-state index < -0.39 is 16.1 Å². The maximum atomic E-state index is 12.8. The molecule has 0 aliphatic carbocycles. The van der Waals surface area contributed by atoms with Crippen LogP contribution in [0.1, 0.15) is 25.8 Å². The first-order chi connectivity index (χ1) is 12.8. The predicted molar refractivity (Wildman–Crippen MR) is 105 cm³/mol. The Morgan fingerprint density at radius 2 is 1.85 bits per heavy atom.